The van der Waals surface area contributed by atoms with Crippen LogP contribution in [0.3, 0.4) is 0 Å². The summed E-state index contributed by atoms with van der Waals surface area (Å²) in [6.45, 7) is 4.58. The zero-order valence-electron chi connectivity index (χ0n) is 11.2. The van der Waals surface area contributed by atoms with Crippen LogP contribution in [0.15, 0.2) is 36.4 Å². The van der Waals surface area contributed by atoms with Crippen molar-refractivity contribution in [2.75, 3.05) is 0 Å². The molecule has 0 aliphatic heterocycles. The number of hydrogen-bond donors (Lipinski definition) is 1. The fraction of sp³-hybridized carbons (Fsp3) is 0.250. The highest BCUT2D eigenvalue weighted by molar-refractivity contribution is 6.31. The molecule has 0 amide bonds. The van der Waals surface area contributed by atoms with E-state index in [0.29, 0.717) is 6.54 Å². The predicted octanol–water partition coefficient (Wildman–Crippen LogP) is 4.46. The summed E-state index contributed by atoms with van der Waals surface area (Å²) in [5.41, 5.74) is 9.02. The highest BCUT2D eigenvalue weighted by Crippen LogP contribution is 2.29. The van der Waals surface area contributed by atoms with Crippen LogP contribution in [0.2, 0.25) is 5.02 Å². The van der Waals surface area contributed by atoms with Gasteiger partial charge < -0.3 is 10.5 Å². The largest absolute Gasteiger partial charge is 0.457 e. The summed E-state index contributed by atoms with van der Waals surface area (Å²) in [6, 6.07) is 11.7. The zero-order chi connectivity index (χ0) is 13.8. The lowest BCUT2D eigenvalue weighted by Crippen LogP contribution is -2.00. The molecule has 2 aromatic rings. The zero-order valence-corrected chi connectivity index (χ0v) is 12.0. The third-order valence-electron chi connectivity index (χ3n) is 3.06. The van der Waals surface area contributed by atoms with Gasteiger partial charge in [0.05, 0.1) is 0 Å². The summed E-state index contributed by atoms with van der Waals surface area (Å²) in [4.78, 5) is 0. The van der Waals surface area contributed by atoms with Crippen molar-refractivity contribution in [2.45, 2.75) is 26.8 Å². The lowest BCUT2D eigenvalue weighted by Gasteiger charge is -2.12. The highest BCUT2D eigenvalue weighted by Gasteiger charge is 2.06. The number of rotatable bonds is 4. The molecule has 0 saturated carbocycles. The molecule has 3 heteroatoms. The Morgan fingerprint density at radius 1 is 1.11 bits per heavy atom. The predicted molar refractivity (Wildman–Crippen MR) is 80.0 cm³/mol. The molecule has 100 valence electrons. The van der Waals surface area contributed by atoms with Gasteiger partial charge in [0.2, 0.25) is 0 Å². The van der Waals surface area contributed by atoms with Crippen LogP contribution in [0, 0.1) is 6.92 Å². The minimum atomic E-state index is 0.464. The molecule has 2 nitrogen and oxygen atoms in total. The van der Waals surface area contributed by atoms with E-state index >= 15 is 0 Å². The van der Waals surface area contributed by atoms with E-state index in [0.717, 1.165) is 34.1 Å². The van der Waals surface area contributed by atoms with Crippen molar-refractivity contribution in [3.63, 3.8) is 0 Å². The SMILES string of the molecule is CCc1cc(Oc2ccc(C)cc2CN)ccc1Cl. The van der Waals surface area contributed by atoms with Crippen molar-refractivity contribution in [1.82, 2.24) is 0 Å². The lowest BCUT2D eigenvalue weighted by atomic mass is 10.1. The van der Waals surface area contributed by atoms with Crippen LogP contribution in [-0.4, -0.2) is 0 Å². The van der Waals surface area contributed by atoms with Gasteiger partial charge in [-0.25, -0.2) is 0 Å². The molecule has 2 rings (SSSR count). The number of hydrogen-bond acceptors (Lipinski definition) is 2. The summed E-state index contributed by atoms with van der Waals surface area (Å²) in [5, 5.41) is 0.776. The third-order valence-corrected chi connectivity index (χ3v) is 3.43. The van der Waals surface area contributed by atoms with Crippen molar-refractivity contribution < 1.29 is 4.74 Å². The quantitative estimate of drug-likeness (QED) is 0.894. The molecule has 2 aromatic carbocycles. The molecule has 0 fully saturated rings. The maximum absolute atomic E-state index is 6.10. The minimum Gasteiger partial charge on any atom is -0.457 e. The first-order chi connectivity index (χ1) is 9.13. The standard InChI is InChI=1S/C16H18ClNO/c1-3-12-9-14(5-6-15(12)17)19-16-7-4-11(2)8-13(16)10-18/h4-9H,3,10,18H2,1-2H3. The van der Waals surface area contributed by atoms with Gasteiger partial charge in [-0.2, -0.15) is 0 Å². The van der Waals surface area contributed by atoms with Crippen LogP contribution in [0.25, 0.3) is 0 Å². The van der Waals surface area contributed by atoms with Gasteiger partial charge in [0.1, 0.15) is 11.5 Å². The van der Waals surface area contributed by atoms with Gasteiger partial charge in [-0.15, -0.1) is 0 Å². The van der Waals surface area contributed by atoms with E-state index in [1.54, 1.807) is 0 Å². The Morgan fingerprint density at radius 3 is 2.58 bits per heavy atom. The fourth-order valence-electron chi connectivity index (χ4n) is 1.98. The molecule has 19 heavy (non-hydrogen) atoms. The smallest absolute Gasteiger partial charge is 0.131 e. The van der Waals surface area contributed by atoms with Gasteiger partial charge in [-0.05, 0) is 43.2 Å². The Labute approximate surface area is 119 Å². The Hall–Kier alpha value is -1.51. The normalized spacial score (nSPS) is 10.5. The minimum absolute atomic E-state index is 0.464. The van der Waals surface area contributed by atoms with Gasteiger partial charge in [-0.1, -0.05) is 36.2 Å². The second-order valence-corrected chi connectivity index (χ2v) is 4.93. The summed E-state index contributed by atoms with van der Waals surface area (Å²) in [5.74, 6) is 1.59. The number of nitrogens with two attached hydrogens (primary N) is 1. The Morgan fingerprint density at radius 2 is 1.89 bits per heavy atom. The molecule has 0 bridgehead atoms. The van der Waals surface area contributed by atoms with Crippen LogP contribution in [0.4, 0.5) is 0 Å². The molecule has 0 radical (unpaired) electrons. The van der Waals surface area contributed by atoms with Crippen molar-refractivity contribution in [3.8, 4) is 11.5 Å². The number of aryl methyl sites for hydroxylation is 2. The molecule has 0 spiro atoms. The summed E-state index contributed by atoms with van der Waals surface area (Å²) in [6.07, 6.45) is 0.883. The van der Waals surface area contributed by atoms with Crippen LogP contribution >= 0.6 is 11.6 Å². The molecule has 2 N–H and O–H groups in total. The van der Waals surface area contributed by atoms with Crippen molar-refractivity contribution in [2.24, 2.45) is 5.73 Å². The number of ether oxygens (including phenoxy) is 1. The van der Waals surface area contributed by atoms with E-state index in [4.69, 9.17) is 22.1 Å². The van der Waals surface area contributed by atoms with E-state index in [2.05, 4.69) is 6.92 Å². The third kappa shape index (κ3) is 3.28. The van der Waals surface area contributed by atoms with Crippen molar-refractivity contribution in [3.05, 3.63) is 58.1 Å². The van der Waals surface area contributed by atoms with Gasteiger partial charge >= 0.3 is 0 Å². The highest BCUT2D eigenvalue weighted by atomic mass is 35.5. The van der Waals surface area contributed by atoms with Crippen LogP contribution in [0.1, 0.15) is 23.6 Å². The first kappa shape index (κ1) is 13.9. The molecule has 0 atom stereocenters. The average Bonchev–Trinajstić information content (AvgIpc) is 2.42. The maximum atomic E-state index is 6.10. The van der Waals surface area contributed by atoms with Gasteiger partial charge in [0.15, 0.2) is 0 Å². The maximum Gasteiger partial charge on any atom is 0.131 e. The second kappa shape index (κ2) is 6.09. The van der Waals surface area contributed by atoms with Crippen molar-refractivity contribution >= 4 is 11.6 Å². The van der Waals surface area contributed by atoms with Crippen LogP contribution < -0.4 is 10.5 Å². The summed E-state index contributed by atoms with van der Waals surface area (Å²) < 4.78 is 5.91. The first-order valence-corrected chi connectivity index (χ1v) is 6.77. The molecular formula is C16H18ClNO. The fourth-order valence-corrected chi connectivity index (χ4v) is 2.23. The first-order valence-electron chi connectivity index (χ1n) is 6.40. The van der Waals surface area contributed by atoms with Gasteiger partial charge in [0.25, 0.3) is 0 Å². The van der Waals surface area contributed by atoms with E-state index in [1.807, 2.05) is 43.3 Å². The molecule has 0 saturated heterocycles. The summed E-state index contributed by atoms with van der Waals surface area (Å²) >= 11 is 6.10. The average molecular weight is 276 g/mol. The number of benzene rings is 2. The van der Waals surface area contributed by atoms with E-state index < -0.39 is 0 Å². The molecule has 0 heterocycles. The van der Waals surface area contributed by atoms with Gasteiger partial charge in [-0.3, -0.25) is 0 Å². The Kier molecular flexibility index (Phi) is 4.46. The molecule has 0 aromatic heterocycles. The topological polar surface area (TPSA) is 35.2 Å². The lowest BCUT2D eigenvalue weighted by molar-refractivity contribution is 0.475. The second-order valence-electron chi connectivity index (χ2n) is 4.52. The van der Waals surface area contributed by atoms with E-state index in [9.17, 15) is 0 Å². The summed E-state index contributed by atoms with van der Waals surface area (Å²) in [7, 11) is 0. The Bertz CT molecular complexity index is 581. The molecular weight excluding hydrogens is 258 g/mol. The molecule has 0 aliphatic rings. The number of halogens is 1. The van der Waals surface area contributed by atoms with Crippen LogP contribution in [0.5, 0.6) is 11.5 Å². The monoisotopic (exact) mass is 275 g/mol. The van der Waals surface area contributed by atoms with Crippen LogP contribution in [-0.2, 0) is 13.0 Å². The molecule has 0 aliphatic carbocycles. The van der Waals surface area contributed by atoms with E-state index in [-0.39, 0.29) is 0 Å². The van der Waals surface area contributed by atoms with Crippen molar-refractivity contribution in [1.29, 1.82) is 0 Å². The molecule has 0 unspecified atom stereocenters. The Balaban J connectivity index is 2.30. The van der Waals surface area contributed by atoms with Gasteiger partial charge in [0, 0.05) is 17.1 Å². The van der Waals surface area contributed by atoms with E-state index in [1.165, 1.54) is 5.56 Å².